The second kappa shape index (κ2) is 8.53. The van der Waals surface area contributed by atoms with E-state index in [0.717, 1.165) is 0 Å². The Kier molecular flexibility index (Phi) is 7.37. The lowest BCUT2D eigenvalue weighted by Crippen LogP contribution is -2.65. The van der Waals surface area contributed by atoms with E-state index in [1.165, 1.54) is 6.92 Å². The van der Waals surface area contributed by atoms with Gasteiger partial charge < -0.3 is 29.7 Å². The third-order valence-corrected chi connectivity index (χ3v) is 3.91. The molecule has 1 saturated heterocycles. The Balaban J connectivity index is 2.98. The monoisotopic (exact) mass is 389 g/mol. The van der Waals surface area contributed by atoms with Crippen LogP contribution in [0.5, 0.6) is 0 Å². The van der Waals surface area contributed by atoms with Gasteiger partial charge >= 0.3 is 11.9 Å². The minimum Gasteiger partial charge on any atom is -0.462 e. The van der Waals surface area contributed by atoms with Crippen LogP contribution in [0.25, 0.3) is 0 Å². The van der Waals surface area contributed by atoms with Crippen LogP contribution < -0.4 is 5.32 Å². The summed E-state index contributed by atoms with van der Waals surface area (Å²) >= 11 is 0. The van der Waals surface area contributed by atoms with Gasteiger partial charge in [-0.15, -0.1) is 0 Å². The lowest BCUT2D eigenvalue weighted by Gasteiger charge is -2.43. The third-order valence-electron chi connectivity index (χ3n) is 3.91. The normalized spacial score (nSPS) is 29.0. The Morgan fingerprint density at radius 3 is 1.96 bits per heavy atom. The number of nitrogens with one attached hydrogen (secondary N) is 1. The van der Waals surface area contributed by atoms with Crippen LogP contribution in [0.3, 0.4) is 0 Å². The molecule has 1 amide bonds. The van der Waals surface area contributed by atoms with Crippen LogP contribution in [-0.2, 0) is 28.6 Å². The molecule has 5 atom stereocenters. The number of amides is 1. The van der Waals surface area contributed by atoms with Gasteiger partial charge in [0.1, 0.15) is 24.9 Å². The van der Waals surface area contributed by atoms with Gasteiger partial charge in [-0.25, -0.2) is 0 Å². The summed E-state index contributed by atoms with van der Waals surface area (Å²) in [6, 6.07) is -1.17. The zero-order valence-corrected chi connectivity index (χ0v) is 16.9. The van der Waals surface area contributed by atoms with E-state index in [0.29, 0.717) is 0 Å². The SMILES string of the molecule is CC(=O)N[C@@H]1[C@@H](OC(=O)C(C)(C)C)[C@H](O)[C@@H](COC(=O)C(C)(C)C)O[C@H]1O. The quantitative estimate of drug-likeness (QED) is 0.578. The fraction of sp³-hybridized carbons (Fsp3) is 0.833. The van der Waals surface area contributed by atoms with Crippen molar-refractivity contribution in [1.29, 1.82) is 0 Å². The Morgan fingerprint density at radius 2 is 1.52 bits per heavy atom. The first kappa shape index (κ1) is 23.3. The molecule has 0 radical (unpaired) electrons. The minimum absolute atomic E-state index is 0.343. The molecule has 0 aromatic heterocycles. The number of carbonyl (C=O) groups is 3. The first-order valence-corrected chi connectivity index (χ1v) is 8.81. The minimum atomic E-state index is -1.56. The summed E-state index contributed by atoms with van der Waals surface area (Å²) < 4.78 is 15.8. The molecular formula is C18H31NO8. The maximum Gasteiger partial charge on any atom is 0.311 e. The van der Waals surface area contributed by atoms with Crippen LogP contribution in [0.1, 0.15) is 48.5 Å². The predicted molar refractivity (Wildman–Crippen MR) is 94.2 cm³/mol. The van der Waals surface area contributed by atoms with E-state index >= 15 is 0 Å². The highest BCUT2D eigenvalue weighted by Crippen LogP contribution is 2.27. The molecular weight excluding hydrogens is 358 g/mol. The zero-order valence-electron chi connectivity index (χ0n) is 16.9. The number of aliphatic hydroxyl groups is 2. The molecule has 1 aliphatic rings. The van der Waals surface area contributed by atoms with Crippen molar-refractivity contribution < 1.29 is 38.8 Å². The summed E-state index contributed by atoms with van der Waals surface area (Å²) in [4.78, 5) is 35.6. The molecule has 0 aromatic carbocycles. The van der Waals surface area contributed by atoms with Gasteiger partial charge in [-0.1, -0.05) is 0 Å². The van der Waals surface area contributed by atoms with Crippen molar-refractivity contribution in [2.45, 2.75) is 79.1 Å². The van der Waals surface area contributed by atoms with E-state index in [1.807, 2.05) is 0 Å². The van der Waals surface area contributed by atoms with E-state index in [1.54, 1.807) is 41.5 Å². The van der Waals surface area contributed by atoms with Crippen molar-refractivity contribution in [3.8, 4) is 0 Å². The molecule has 1 heterocycles. The third kappa shape index (κ3) is 6.44. The summed E-state index contributed by atoms with van der Waals surface area (Å²) in [6.07, 6.45) is -5.39. The maximum atomic E-state index is 12.3. The lowest BCUT2D eigenvalue weighted by molar-refractivity contribution is -0.262. The number of rotatable bonds is 4. The molecule has 3 N–H and O–H groups in total. The molecule has 9 nitrogen and oxygen atoms in total. The molecule has 27 heavy (non-hydrogen) atoms. The highest BCUT2D eigenvalue weighted by molar-refractivity contribution is 5.76. The first-order valence-electron chi connectivity index (χ1n) is 8.81. The number of hydrogen-bond acceptors (Lipinski definition) is 8. The molecule has 0 bridgehead atoms. The highest BCUT2D eigenvalue weighted by atomic mass is 16.6. The fourth-order valence-electron chi connectivity index (χ4n) is 2.27. The van der Waals surface area contributed by atoms with E-state index in [2.05, 4.69) is 5.32 Å². The van der Waals surface area contributed by atoms with Gasteiger partial charge in [0.15, 0.2) is 12.4 Å². The van der Waals surface area contributed by atoms with Gasteiger partial charge in [0.25, 0.3) is 0 Å². The summed E-state index contributed by atoms with van der Waals surface area (Å²) in [7, 11) is 0. The molecule has 0 aliphatic carbocycles. The van der Waals surface area contributed by atoms with Gasteiger partial charge in [0.2, 0.25) is 5.91 Å². The topological polar surface area (TPSA) is 131 Å². The average molecular weight is 389 g/mol. The van der Waals surface area contributed by atoms with Gasteiger partial charge in [0, 0.05) is 6.92 Å². The summed E-state index contributed by atoms with van der Waals surface area (Å²) in [5.41, 5.74) is -1.62. The van der Waals surface area contributed by atoms with Crippen molar-refractivity contribution in [1.82, 2.24) is 5.32 Å². The molecule has 1 rings (SSSR count). The Labute approximate surface area is 159 Å². The van der Waals surface area contributed by atoms with Crippen LogP contribution in [-0.4, -0.2) is 65.3 Å². The number of esters is 2. The van der Waals surface area contributed by atoms with Gasteiger partial charge in [0.05, 0.1) is 10.8 Å². The fourth-order valence-corrected chi connectivity index (χ4v) is 2.27. The van der Waals surface area contributed by atoms with Gasteiger partial charge in [-0.2, -0.15) is 0 Å². The highest BCUT2D eigenvalue weighted by Gasteiger charge is 2.48. The van der Waals surface area contributed by atoms with Crippen molar-refractivity contribution >= 4 is 17.8 Å². The van der Waals surface area contributed by atoms with Crippen LogP contribution >= 0.6 is 0 Å². The standard InChI is InChI=1S/C18H31NO8/c1-9(20)19-11-13(27-16(24)18(5,6)7)12(21)10(26-14(11)22)8-25-15(23)17(2,3)4/h10-14,21-22H,8H2,1-7H3,(H,19,20)/t10-,11-,12-,13-,14-/m1/s1. The van der Waals surface area contributed by atoms with Crippen molar-refractivity contribution in [2.24, 2.45) is 10.8 Å². The number of carbonyl (C=O) groups excluding carboxylic acids is 3. The molecule has 156 valence electrons. The smallest absolute Gasteiger partial charge is 0.311 e. The van der Waals surface area contributed by atoms with Crippen molar-refractivity contribution in [2.75, 3.05) is 6.61 Å². The molecule has 0 unspecified atom stereocenters. The second-order valence-corrected chi connectivity index (χ2v) is 8.75. The summed E-state index contributed by atoms with van der Waals surface area (Å²) in [5, 5.41) is 23.3. The van der Waals surface area contributed by atoms with E-state index in [-0.39, 0.29) is 6.61 Å². The molecule has 0 saturated carbocycles. The van der Waals surface area contributed by atoms with Crippen LogP contribution in [0.15, 0.2) is 0 Å². The van der Waals surface area contributed by atoms with Crippen molar-refractivity contribution in [3.63, 3.8) is 0 Å². The number of hydrogen-bond donors (Lipinski definition) is 3. The maximum absolute atomic E-state index is 12.3. The van der Waals surface area contributed by atoms with Gasteiger partial charge in [-0.3, -0.25) is 14.4 Å². The Hall–Kier alpha value is -1.71. The second-order valence-electron chi connectivity index (χ2n) is 8.75. The van der Waals surface area contributed by atoms with E-state index in [9.17, 15) is 24.6 Å². The molecule has 0 aromatic rings. The summed E-state index contributed by atoms with van der Waals surface area (Å²) in [5.74, 6) is -1.63. The predicted octanol–water partition coefficient (Wildman–Crippen LogP) is 0.116. The van der Waals surface area contributed by atoms with Crippen LogP contribution in [0.4, 0.5) is 0 Å². The van der Waals surface area contributed by atoms with Crippen LogP contribution in [0.2, 0.25) is 0 Å². The summed E-state index contributed by atoms with van der Waals surface area (Å²) in [6.45, 7) is 10.8. The molecule has 9 heteroatoms. The number of ether oxygens (including phenoxy) is 3. The average Bonchev–Trinajstić information content (AvgIpc) is 2.49. The Bertz CT molecular complexity index is 563. The first-order chi connectivity index (χ1) is 12.1. The molecule has 1 fully saturated rings. The molecule has 0 spiro atoms. The van der Waals surface area contributed by atoms with Gasteiger partial charge in [-0.05, 0) is 41.5 Å². The lowest BCUT2D eigenvalue weighted by atomic mass is 9.94. The number of aliphatic hydroxyl groups excluding tert-OH is 2. The van der Waals surface area contributed by atoms with E-state index in [4.69, 9.17) is 14.2 Å². The van der Waals surface area contributed by atoms with Crippen LogP contribution in [0, 0.1) is 10.8 Å². The largest absolute Gasteiger partial charge is 0.462 e. The zero-order chi connectivity index (χ0) is 21.2. The Morgan fingerprint density at radius 1 is 1.00 bits per heavy atom. The molecule has 1 aliphatic heterocycles. The van der Waals surface area contributed by atoms with E-state index < -0.39 is 59.3 Å². The van der Waals surface area contributed by atoms with Crippen molar-refractivity contribution in [3.05, 3.63) is 0 Å².